The molecule has 0 spiro atoms. The van der Waals surface area contributed by atoms with E-state index in [0.29, 0.717) is 12.1 Å². The van der Waals surface area contributed by atoms with Crippen LogP contribution in [0, 0.1) is 5.82 Å². The third kappa shape index (κ3) is 2.48. The molecule has 1 aliphatic rings. The highest BCUT2D eigenvalue weighted by molar-refractivity contribution is 6.41. The second kappa shape index (κ2) is 5.31. The van der Waals surface area contributed by atoms with Crippen LogP contribution in [0.15, 0.2) is 53.8 Å². The van der Waals surface area contributed by atoms with Crippen LogP contribution in [0.2, 0.25) is 0 Å². The number of carbonyl (C=O) groups excluding carboxylic acids is 1. The van der Waals surface area contributed by atoms with Gasteiger partial charge in [0.05, 0.1) is 0 Å². The average Bonchev–Trinajstić information content (AvgIpc) is 3.13. The molecule has 1 aromatic carbocycles. The van der Waals surface area contributed by atoms with Crippen LogP contribution in [0.3, 0.4) is 0 Å². The molecule has 0 radical (unpaired) electrons. The standard InChI is InChI=1S/C17H13FN4O/c18-12-5-3-10(4-6-12)15-21-14(17(23)22-15)8-11-9-20-16-13(11)2-1-7-19-16/h1-7,9,15H,8H2,(H,19,20)(H,22,23). The lowest BCUT2D eigenvalue weighted by Crippen LogP contribution is -2.26. The molecule has 0 aliphatic carbocycles. The van der Waals surface area contributed by atoms with Crippen LogP contribution in [-0.4, -0.2) is 21.6 Å². The second-order valence-corrected chi connectivity index (χ2v) is 5.39. The summed E-state index contributed by atoms with van der Waals surface area (Å²) in [6, 6.07) is 9.79. The average molecular weight is 308 g/mol. The number of rotatable bonds is 3. The number of hydrogen-bond acceptors (Lipinski definition) is 3. The lowest BCUT2D eigenvalue weighted by molar-refractivity contribution is -0.114. The zero-order chi connectivity index (χ0) is 15.8. The number of benzene rings is 1. The highest BCUT2D eigenvalue weighted by Crippen LogP contribution is 2.22. The third-order valence-electron chi connectivity index (χ3n) is 3.90. The van der Waals surface area contributed by atoms with Crippen molar-refractivity contribution in [2.24, 2.45) is 4.99 Å². The van der Waals surface area contributed by atoms with Crippen molar-refractivity contribution in [2.75, 3.05) is 0 Å². The first-order valence-corrected chi connectivity index (χ1v) is 7.25. The SMILES string of the molecule is O=C1NC(c2ccc(F)cc2)N=C1Cc1c[nH]c2ncccc12. The van der Waals surface area contributed by atoms with E-state index >= 15 is 0 Å². The second-order valence-electron chi connectivity index (χ2n) is 5.39. The summed E-state index contributed by atoms with van der Waals surface area (Å²) in [6.07, 6.45) is 3.53. The Hall–Kier alpha value is -3.02. The van der Waals surface area contributed by atoms with Gasteiger partial charge in [-0.2, -0.15) is 0 Å². The minimum Gasteiger partial charge on any atom is -0.346 e. The van der Waals surface area contributed by atoms with Crippen LogP contribution in [-0.2, 0) is 11.2 Å². The number of nitrogens with zero attached hydrogens (tertiary/aromatic N) is 2. The fourth-order valence-corrected chi connectivity index (χ4v) is 2.72. The van der Waals surface area contributed by atoms with Gasteiger partial charge < -0.3 is 10.3 Å². The number of aromatic nitrogens is 2. The molecule has 1 unspecified atom stereocenters. The Kier molecular flexibility index (Phi) is 3.15. The van der Waals surface area contributed by atoms with E-state index in [0.717, 1.165) is 22.2 Å². The van der Waals surface area contributed by atoms with Crippen molar-refractivity contribution in [3.05, 3.63) is 65.7 Å². The molecule has 3 aromatic rings. The first-order valence-electron chi connectivity index (χ1n) is 7.25. The van der Waals surface area contributed by atoms with E-state index in [1.165, 1.54) is 12.1 Å². The molecule has 23 heavy (non-hydrogen) atoms. The maximum absolute atomic E-state index is 13.0. The predicted molar refractivity (Wildman–Crippen MR) is 84.5 cm³/mol. The molecule has 114 valence electrons. The van der Waals surface area contributed by atoms with Gasteiger partial charge in [0.25, 0.3) is 5.91 Å². The number of halogens is 1. The van der Waals surface area contributed by atoms with Crippen molar-refractivity contribution in [2.45, 2.75) is 12.6 Å². The Morgan fingerprint density at radius 3 is 2.83 bits per heavy atom. The molecule has 0 bridgehead atoms. The Bertz CT molecular complexity index is 914. The van der Waals surface area contributed by atoms with E-state index in [4.69, 9.17) is 0 Å². The Balaban J connectivity index is 1.62. The van der Waals surface area contributed by atoms with E-state index < -0.39 is 6.17 Å². The highest BCUT2D eigenvalue weighted by atomic mass is 19.1. The van der Waals surface area contributed by atoms with E-state index in [9.17, 15) is 9.18 Å². The number of aromatic amines is 1. The molecule has 0 saturated carbocycles. The maximum Gasteiger partial charge on any atom is 0.267 e. The summed E-state index contributed by atoms with van der Waals surface area (Å²) < 4.78 is 13.0. The molecular weight excluding hydrogens is 295 g/mol. The molecule has 2 N–H and O–H groups in total. The zero-order valence-electron chi connectivity index (χ0n) is 12.1. The van der Waals surface area contributed by atoms with Gasteiger partial charge in [-0.05, 0) is 35.4 Å². The molecular formula is C17H13FN4O. The molecule has 0 fully saturated rings. The van der Waals surface area contributed by atoms with E-state index in [1.807, 2.05) is 18.3 Å². The number of carbonyl (C=O) groups is 1. The van der Waals surface area contributed by atoms with Gasteiger partial charge in [-0.25, -0.2) is 9.37 Å². The molecule has 1 atom stereocenters. The highest BCUT2D eigenvalue weighted by Gasteiger charge is 2.26. The van der Waals surface area contributed by atoms with Crippen molar-refractivity contribution in [1.82, 2.24) is 15.3 Å². The van der Waals surface area contributed by atoms with Gasteiger partial charge in [-0.1, -0.05) is 12.1 Å². The number of amides is 1. The summed E-state index contributed by atoms with van der Waals surface area (Å²) in [7, 11) is 0. The lowest BCUT2D eigenvalue weighted by Gasteiger charge is -2.06. The number of nitrogens with one attached hydrogen (secondary N) is 2. The Morgan fingerprint density at radius 1 is 1.17 bits per heavy atom. The van der Waals surface area contributed by atoms with Crippen molar-refractivity contribution < 1.29 is 9.18 Å². The predicted octanol–water partition coefficient (Wildman–Crippen LogP) is 2.51. The molecule has 0 saturated heterocycles. The normalized spacial score (nSPS) is 17.3. The van der Waals surface area contributed by atoms with Crippen LogP contribution in [0.5, 0.6) is 0 Å². The van der Waals surface area contributed by atoms with Crippen LogP contribution in [0.1, 0.15) is 17.3 Å². The van der Waals surface area contributed by atoms with Gasteiger partial charge in [-0.15, -0.1) is 0 Å². The van der Waals surface area contributed by atoms with E-state index in [2.05, 4.69) is 20.3 Å². The van der Waals surface area contributed by atoms with Gasteiger partial charge in [0.2, 0.25) is 0 Å². The third-order valence-corrected chi connectivity index (χ3v) is 3.90. The van der Waals surface area contributed by atoms with Gasteiger partial charge in [0, 0.05) is 24.2 Å². The van der Waals surface area contributed by atoms with Crippen molar-refractivity contribution in [3.63, 3.8) is 0 Å². The quantitative estimate of drug-likeness (QED) is 0.780. The Morgan fingerprint density at radius 2 is 2.00 bits per heavy atom. The summed E-state index contributed by atoms with van der Waals surface area (Å²) in [4.78, 5) is 23.9. The summed E-state index contributed by atoms with van der Waals surface area (Å²) in [5.74, 6) is -0.508. The molecule has 1 amide bonds. The molecule has 1 aliphatic heterocycles. The molecule has 3 heterocycles. The van der Waals surface area contributed by atoms with Crippen LogP contribution in [0.4, 0.5) is 4.39 Å². The van der Waals surface area contributed by atoms with Crippen LogP contribution < -0.4 is 5.32 Å². The number of pyridine rings is 1. The number of hydrogen-bond donors (Lipinski definition) is 2. The van der Waals surface area contributed by atoms with Crippen molar-refractivity contribution in [3.8, 4) is 0 Å². The fraction of sp³-hybridized carbons (Fsp3) is 0.118. The monoisotopic (exact) mass is 308 g/mol. The first-order chi connectivity index (χ1) is 11.2. The van der Waals surface area contributed by atoms with Gasteiger partial charge in [0.15, 0.2) is 0 Å². The first kappa shape index (κ1) is 13.6. The van der Waals surface area contributed by atoms with E-state index in [1.54, 1.807) is 18.3 Å². The summed E-state index contributed by atoms with van der Waals surface area (Å²) >= 11 is 0. The molecule has 6 heteroatoms. The minimum absolute atomic E-state index is 0.197. The molecule has 2 aromatic heterocycles. The topological polar surface area (TPSA) is 70.1 Å². The van der Waals surface area contributed by atoms with Crippen LogP contribution >= 0.6 is 0 Å². The van der Waals surface area contributed by atoms with Crippen LogP contribution in [0.25, 0.3) is 11.0 Å². The summed E-state index contributed by atoms with van der Waals surface area (Å²) in [5, 5.41) is 3.79. The lowest BCUT2D eigenvalue weighted by atomic mass is 10.1. The number of fused-ring (bicyclic) bond motifs is 1. The zero-order valence-corrected chi connectivity index (χ0v) is 12.1. The number of aliphatic imine (C=N–C) groups is 1. The fourth-order valence-electron chi connectivity index (χ4n) is 2.72. The molecule has 4 rings (SSSR count). The van der Waals surface area contributed by atoms with Crippen molar-refractivity contribution >= 4 is 22.7 Å². The minimum atomic E-state index is -0.457. The van der Waals surface area contributed by atoms with Gasteiger partial charge in [0.1, 0.15) is 23.3 Å². The summed E-state index contributed by atoms with van der Waals surface area (Å²) in [6.45, 7) is 0. The van der Waals surface area contributed by atoms with Gasteiger partial charge in [-0.3, -0.25) is 9.79 Å². The van der Waals surface area contributed by atoms with Gasteiger partial charge >= 0.3 is 0 Å². The largest absolute Gasteiger partial charge is 0.346 e. The summed E-state index contributed by atoms with van der Waals surface area (Å²) in [5.41, 5.74) is 2.98. The Labute approximate surface area is 131 Å². The number of H-pyrrole nitrogens is 1. The van der Waals surface area contributed by atoms with Crippen molar-refractivity contribution in [1.29, 1.82) is 0 Å². The molecule has 5 nitrogen and oxygen atoms in total. The smallest absolute Gasteiger partial charge is 0.267 e. The van der Waals surface area contributed by atoms with E-state index in [-0.39, 0.29) is 11.7 Å². The maximum atomic E-state index is 13.0.